The van der Waals surface area contributed by atoms with Crippen molar-refractivity contribution in [2.75, 3.05) is 12.4 Å². The van der Waals surface area contributed by atoms with Crippen LogP contribution in [0.1, 0.15) is 17.4 Å². The molecule has 1 saturated heterocycles. The first-order valence-corrected chi connectivity index (χ1v) is 12.2. The molecular formula is C25H26ClN7O5. The molecule has 0 saturated carbocycles. The third-order valence-corrected chi connectivity index (χ3v) is 6.28. The zero-order chi connectivity index (χ0) is 26.6. The van der Waals surface area contributed by atoms with Crippen molar-refractivity contribution in [1.29, 1.82) is 0 Å². The Hall–Kier alpha value is -3.97. The highest BCUT2D eigenvalue weighted by Gasteiger charge is 2.45. The summed E-state index contributed by atoms with van der Waals surface area (Å²) in [6, 6.07) is 14.3. The summed E-state index contributed by atoms with van der Waals surface area (Å²) in [7, 11) is 1.41. The Morgan fingerprint density at radius 1 is 1.21 bits per heavy atom. The molecule has 12 nitrogen and oxygen atoms in total. The first kappa shape index (κ1) is 25.7. The van der Waals surface area contributed by atoms with Gasteiger partial charge in [0.1, 0.15) is 24.8 Å². The molecule has 5 N–H and O–H groups in total. The highest BCUT2D eigenvalue weighted by atomic mass is 35.5. The number of aromatic nitrogens is 4. The van der Waals surface area contributed by atoms with E-state index in [0.29, 0.717) is 40.9 Å². The number of aliphatic hydroxyl groups is 1. The number of anilines is 1. The predicted octanol–water partition coefficient (Wildman–Crippen LogP) is 2.57. The molecule has 5 rings (SSSR count). The number of carbonyl (C=O) groups is 1. The lowest BCUT2D eigenvalue weighted by Crippen LogP contribution is -2.42. The fourth-order valence-corrected chi connectivity index (χ4v) is 4.26. The minimum atomic E-state index is -1.18. The second-order valence-electron chi connectivity index (χ2n) is 8.54. The molecular weight excluding hydrogens is 514 g/mol. The van der Waals surface area contributed by atoms with Gasteiger partial charge >= 0.3 is 6.09 Å². The molecule has 4 atom stereocenters. The minimum absolute atomic E-state index is 0.346. The van der Waals surface area contributed by atoms with Crippen molar-refractivity contribution in [3.8, 4) is 5.75 Å². The first-order chi connectivity index (χ1) is 18.4. The van der Waals surface area contributed by atoms with Gasteiger partial charge in [0.05, 0.1) is 12.4 Å². The Morgan fingerprint density at radius 3 is 2.82 bits per heavy atom. The van der Waals surface area contributed by atoms with Crippen LogP contribution in [-0.4, -0.2) is 56.2 Å². The van der Waals surface area contributed by atoms with Gasteiger partial charge in [-0.1, -0.05) is 41.9 Å². The molecule has 0 unspecified atom stereocenters. The number of nitrogens with zero attached hydrogens (tertiary/aromatic N) is 4. The zero-order valence-electron chi connectivity index (χ0n) is 20.3. The normalized spacial score (nSPS) is 20.8. The van der Waals surface area contributed by atoms with Gasteiger partial charge in [-0.25, -0.2) is 19.7 Å². The number of hydrogen-bond acceptors (Lipinski definition) is 10. The molecule has 38 heavy (non-hydrogen) atoms. The van der Waals surface area contributed by atoms with Crippen molar-refractivity contribution in [3.63, 3.8) is 0 Å². The number of halogens is 1. The first-order valence-electron chi connectivity index (χ1n) is 11.8. The van der Waals surface area contributed by atoms with Gasteiger partial charge in [0, 0.05) is 24.2 Å². The Bertz CT molecular complexity index is 1420. The number of amides is 1. The van der Waals surface area contributed by atoms with Crippen LogP contribution in [0.3, 0.4) is 0 Å². The van der Waals surface area contributed by atoms with Crippen molar-refractivity contribution >= 4 is 34.7 Å². The molecule has 0 radical (unpaired) electrons. The number of rotatable bonds is 8. The lowest BCUT2D eigenvalue weighted by atomic mass is 10.2. The molecule has 0 bridgehead atoms. The Balaban J connectivity index is 1.33. The number of imidazole rings is 1. The maximum Gasteiger partial charge on any atom is 0.409 e. The summed E-state index contributed by atoms with van der Waals surface area (Å²) in [6.07, 6.45) is -1.20. The monoisotopic (exact) mass is 539 g/mol. The van der Waals surface area contributed by atoms with Gasteiger partial charge in [0.2, 0.25) is 6.29 Å². The van der Waals surface area contributed by atoms with Gasteiger partial charge in [-0.15, -0.1) is 0 Å². The summed E-state index contributed by atoms with van der Waals surface area (Å²) in [6.45, 7) is 0.757. The molecule has 0 spiro atoms. The van der Waals surface area contributed by atoms with E-state index >= 15 is 0 Å². The van der Waals surface area contributed by atoms with E-state index in [1.807, 2.05) is 42.5 Å². The SMILES string of the molecule is CNC(=O)O[C@@H]1O[C@@H](n2cnc3c(NCc4cc(Cl)ccc4OCc4ccccc4)ncnc32)[C@H](O)[C@@H]1N. The van der Waals surface area contributed by atoms with Crippen LogP contribution in [0, 0.1) is 0 Å². The fourth-order valence-electron chi connectivity index (χ4n) is 4.07. The minimum Gasteiger partial charge on any atom is -0.489 e. The molecule has 4 aromatic rings. The molecule has 2 aromatic carbocycles. The second kappa shape index (κ2) is 11.2. The van der Waals surface area contributed by atoms with Crippen LogP contribution < -0.4 is 21.1 Å². The molecule has 0 aliphatic carbocycles. The average molecular weight is 540 g/mol. The van der Waals surface area contributed by atoms with E-state index < -0.39 is 30.8 Å². The van der Waals surface area contributed by atoms with Crippen LogP contribution in [0.15, 0.2) is 61.2 Å². The molecule has 13 heteroatoms. The molecule has 3 heterocycles. The van der Waals surface area contributed by atoms with Gasteiger partial charge in [-0.05, 0) is 23.8 Å². The second-order valence-corrected chi connectivity index (χ2v) is 8.98. The smallest absolute Gasteiger partial charge is 0.409 e. The predicted molar refractivity (Wildman–Crippen MR) is 138 cm³/mol. The van der Waals surface area contributed by atoms with Crippen molar-refractivity contribution in [3.05, 3.63) is 77.3 Å². The van der Waals surface area contributed by atoms with E-state index in [2.05, 4.69) is 25.6 Å². The number of benzene rings is 2. The van der Waals surface area contributed by atoms with Crippen LogP contribution in [0.5, 0.6) is 5.75 Å². The number of carbonyl (C=O) groups excluding carboxylic acids is 1. The van der Waals surface area contributed by atoms with Gasteiger partial charge in [0.25, 0.3) is 0 Å². The van der Waals surface area contributed by atoms with Crippen molar-refractivity contribution in [2.45, 2.75) is 37.8 Å². The topological polar surface area (TPSA) is 159 Å². The van der Waals surface area contributed by atoms with E-state index in [4.69, 9.17) is 31.5 Å². The highest BCUT2D eigenvalue weighted by Crippen LogP contribution is 2.32. The third kappa shape index (κ3) is 5.34. The summed E-state index contributed by atoms with van der Waals surface area (Å²) in [5.74, 6) is 1.14. The lowest BCUT2D eigenvalue weighted by Gasteiger charge is -2.16. The van der Waals surface area contributed by atoms with Gasteiger partial charge in [-0.2, -0.15) is 0 Å². The molecule has 1 aliphatic heterocycles. The van der Waals surface area contributed by atoms with E-state index in [0.717, 1.165) is 11.1 Å². The number of nitrogens with two attached hydrogens (primary N) is 1. The van der Waals surface area contributed by atoms with E-state index in [1.54, 1.807) is 6.07 Å². The quantitative estimate of drug-likeness (QED) is 0.262. The Kier molecular flexibility index (Phi) is 7.56. The molecule has 1 amide bonds. The number of hydrogen-bond donors (Lipinski definition) is 4. The number of ether oxygens (including phenoxy) is 3. The standard InChI is InChI=1S/C25H26ClN7O5/c1-28-25(35)38-24-18(27)20(34)23(37-24)33-13-32-19-21(30-12-31-22(19)33)29-10-15-9-16(26)7-8-17(15)36-11-14-5-3-2-4-6-14/h2-9,12-13,18,20,23-24,34H,10-11,27H2,1H3,(H,28,35)(H,29,30,31)/t18-,20+,23+,24-/m0/s1. The van der Waals surface area contributed by atoms with E-state index in [1.165, 1.54) is 24.3 Å². The van der Waals surface area contributed by atoms with Crippen LogP contribution in [0.2, 0.25) is 5.02 Å². The van der Waals surface area contributed by atoms with Crippen LogP contribution >= 0.6 is 11.6 Å². The highest BCUT2D eigenvalue weighted by molar-refractivity contribution is 6.30. The maximum atomic E-state index is 11.6. The van der Waals surface area contributed by atoms with Gasteiger partial charge in [0.15, 0.2) is 23.2 Å². The third-order valence-electron chi connectivity index (χ3n) is 6.04. The lowest BCUT2D eigenvalue weighted by molar-refractivity contribution is -0.125. The maximum absolute atomic E-state index is 11.6. The number of fused-ring (bicyclic) bond motifs is 1. The Morgan fingerprint density at radius 2 is 2.03 bits per heavy atom. The Labute approximate surface area is 222 Å². The van der Waals surface area contributed by atoms with Gasteiger partial charge in [-0.3, -0.25) is 4.57 Å². The number of alkyl carbamates (subject to hydrolysis) is 1. The summed E-state index contributed by atoms with van der Waals surface area (Å²) in [5, 5.41) is 16.8. The van der Waals surface area contributed by atoms with Crippen molar-refractivity contribution in [1.82, 2.24) is 24.8 Å². The number of aliphatic hydroxyl groups excluding tert-OH is 1. The molecule has 1 aliphatic rings. The van der Waals surface area contributed by atoms with Crippen molar-refractivity contribution < 1.29 is 24.1 Å². The van der Waals surface area contributed by atoms with Gasteiger partial charge < -0.3 is 35.7 Å². The largest absolute Gasteiger partial charge is 0.489 e. The summed E-state index contributed by atoms with van der Waals surface area (Å²) < 4.78 is 18.4. The van der Waals surface area contributed by atoms with Crippen molar-refractivity contribution in [2.24, 2.45) is 5.73 Å². The molecule has 1 fully saturated rings. The number of nitrogens with one attached hydrogen (secondary N) is 2. The van der Waals surface area contributed by atoms with E-state index in [9.17, 15) is 9.90 Å². The van der Waals surface area contributed by atoms with E-state index in [-0.39, 0.29) is 0 Å². The summed E-state index contributed by atoms with van der Waals surface area (Å²) in [5.41, 5.74) is 8.73. The zero-order valence-corrected chi connectivity index (χ0v) is 21.1. The fraction of sp³-hybridized carbons (Fsp3) is 0.280. The average Bonchev–Trinajstić information content (AvgIpc) is 3.48. The van der Waals surface area contributed by atoms with Crippen LogP contribution in [-0.2, 0) is 22.6 Å². The molecule has 2 aromatic heterocycles. The summed E-state index contributed by atoms with van der Waals surface area (Å²) in [4.78, 5) is 24.7. The van der Waals surface area contributed by atoms with Crippen LogP contribution in [0.4, 0.5) is 10.6 Å². The molecule has 198 valence electrons. The van der Waals surface area contributed by atoms with Crippen LogP contribution in [0.25, 0.3) is 11.2 Å². The summed E-state index contributed by atoms with van der Waals surface area (Å²) >= 11 is 6.26.